The highest BCUT2D eigenvalue weighted by Gasteiger charge is 2.40. The molecule has 9 nitrogen and oxygen atoms in total. The summed E-state index contributed by atoms with van der Waals surface area (Å²) in [6.45, 7) is -0.254. The number of amides is 3. The molecule has 148 valence electrons. The predicted octanol–water partition coefficient (Wildman–Crippen LogP) is 1.58. The van der Waals surface area contributed by atoms with E-state index in [1.54, 1.807) is 16.8 Å². The number of hydroxylamine groups is 2. The van der Waals surface area contributed by atoms with Crippen LogP contribution in [0.3, 0.4) is 0 Å². The fraction of sp³-hybridized carbons (Fsp3) is 0.0952. The SMILES string of the molecule is O=C(CN1Cc2c(cnn2-c2ccccc2)C1=O)ON1C(=O)c2ccccc2C1=O. The van der Waals surface area contributed by atoms with E-state index in [0.717, 1.165) is 5.69 Å². The molecule has 2 aliphatic rings. The van der Waals surface area contributed by atoms with Crippen molar-refractivity contribution in [2.45, 2.75) is 6.54 Å². The van der Waals surface area contributed by atoms with Gasteiger partial charge < -0.3 is 9.74 Å². The number of rotatable bonds is 4. The second-order valence-electron chi connectivity index (χ2n) is 6.83. The fourth-order valence-electron chi connectivity index (χ4n) is 3.58. The third kappa shape index (κ3) is 2.67. The molecule has 0 radical (unpaired) electrons. The van der Waals surface area contributed by atoms with Crippen molar-refractivity contribution in [1.82, 2.24) is 19.7 Å². The molecule has 0 unspecified atom stereocenters. The zero-order valence-corrected chi connectivity index (χ0v) is 15.5. The van der Waals surface area contributed by atoms with Crippen molar-refractivity contribution < 1.29 is 24.0 Å². The van der Waals surface area contributed by atoms with Gasteiger partial charge in [-0.15, -0.1) is 0 Å². The smallest absolute Gasteiger partial charge is 0.328 e. The van der Waals surface area contributed by atoms with E-state index in [4.69, 9.17) is 4.84 Å². The maximum atomic E-state index is 12.6. The molecular weight excluding hydrogens is 388 g/mol. The maximum absolute atomic E-state index is 12.6. The summed E-state index contributed by atoms with van der Waals surface area (Å²) in [4.78, 5) is 55.9. The number of nitrogens with zero attached hydrogens (tertiary/aromatic N) is 4. The number of hydrogen-bond acceptors (Lipinski definition) is 6. The molecule has 9 heteroatoms. The van der Waals surface area contributed by atoms with E-state index in [2.05, 4.69) is 5.10 Å². The average molecular weight is 402 g/mol. The molecule has 2 aromatic carbocycles. The van der Waals surface area contributed by atoms with Crippen molar-refractivity contribution in [3.05, 3.63) is 83.2 Å². The largest absolute Gasteiger partial charge is 0.352 e. The number of aromatic nitrogens is 2. The van der Waals surface area contributed by atoms with Crippen LogP contribution in [0.5, 0.6) is 0 Å². The van der Waals surface area contributed by atoms with Crippen LogP contribution in [0.2, 0.25) is 0 Å². The molecule has 1 aromatic heterocycles. The highest BCUT2D eigenvalue weighted by molar-refractivity contribution is 6.20. The van der Waals surface area contributed by atoms with E-state index in [1.807, 2.05) is 30.3 Å². The van der Waals surface area contributed by atoms with Crippen molar-refractivity contribution in [3.63, 3.8) is 0 Å². The van der Waals surface area contributed by atoms with Gasteiger partial charge in [-0.2, -0.15) is 5.10 Å². The molecule has 0 N–H and O–H groups in total. The summed E-state index contributed by atoms with van der Waals surface area (Å²) in [6.07, 6.45) is 1.46. The number of fused-ring (bicyclic) bond motifs is 2. The molecule has 3 aromatic rings. The number of benzene rings is 2. The van der Waals surface area contributed by atoms with Gasteiger partial charge in [0.15, 0.2) is 0 Å². The first kappa shape index (κ1) is 17.8. The highest BCUT2D eigenvalue weighted by Crippen LogP contribution is 2.26. The van der Waals surface area contributed by atoms with Crippen LogP contribution in [-0.4, -0.2) is 50.0 Å². The lowest BCUT2D eigenvalue weighted by molar-refractivity contribution is -0.169. The zero-order valence-electron chi connectivity index (χ0n) is 15.5. The van der Waals surface area contributed by atoms with Crippen LogP contribution in [-0.2, 0) is 16.2 Å². The van der Waals surface area contributed by atoms with Crippen molar-refractivity contribution in [2.24, 2.45) is 0 Å². The minimum absolute atomic E-state index is 0.153. The lowest BCUT2D eigenvalue weighted by Crippen LogP contribution is -2.38. The first-order valence-electron chi connectivity index (χ1n) is 9.15. The van der Waals surface area contributed by atoms with Crippen molar-refractivity contribution in [1.29, 1.82) is 0 Å². The van der Waals surface area contributed by atoms with Crippen LogP contribution >= 0.6 is 0 Å². The number of carbonyl (C=O) groups excluding carboxylic acids is 4. The lowest BCUT2D eigenvalue weighted by atomic mass is 10.1. The summed E-state index contributed by atoms with van der Waals surface area (Å²) < 4.78 is 1.64. The zero-order chi connectivity index (χ0) is 20.8. The number of imide groups is 1. The van der Waals surface area contributed by atoms with Crippen LogP contribution in [0.15, 0.2) is 60.8 Å². The topological polar surface area (TPSA) is 102 Å². The monoisotopic (exact) mass is 402 g/mol. The van der Waals surface area contributed by atoms with E-state index < -0.39 is 24.3 Å². The van der Waals surface area contributed by atoms with Gasteiger partial charge in [0.1, 0.15) is 6.54 Å². The van der Waals surface area contributed by atoms with Crippen LogP contribution < -0.4 is 0 Å². The summed E-state index contributed by atoms with van der Waals surface area (Å²) in [5.74, 6) is -2.67. The Hall–Kier alpha value is -4.27. The third-order valence-electron chi connectivity index (χ3n) is 5.00. The van der Waals surface area contributed by atoms with E-state index in [9.17, 15) is 19.2 Å². The molecule has 0 saturated carbocycles. The van der Waals surface area contributed by atoms with Gasteiger partial charge in [0.05, 0.1) is 40.8 Å². The molecule has 30 heavy (non-hydrogen) atoms. The average Bonchev–Trinajstić information content (AvgIpc) is 3.38. The Morgan fingerprint density at radius 3 is 2.17 bits per heavy atom. The van der Waals surface area contributed by atoms with Gasteiger partial charge in [0.2, 0.25) is 0 Å². The van der Waals surface area contributed by atoms with E-state index in [-0.39, 0.29) is 23.6 Å². The van der Waals surface area contributed by atoms with E-state index in [0.29, 0.717) is 16.3 Å². The van der Waals surface area contributed by atoms with Crippen LogP contribution in [0.25, 0.3) is 5.69 Å². The molecule has 2 aliphatic heterocycles. The Bertz CT molecular complexity index is 1180. The van der Waals surface area contributed by atoms with Crippen LogP contribution in [0, 0.1) is 0 Å². The first-order chi connectivity index (χ1) is 14.5. The Labute approximate surface area is 170 Å². The van der Waals surface area contributed by atoms with Crippen molar-refractivity contribution in [3.8, 4) is 5.69 Å². The Balaban J connectivity index is 1.30. The molecule has 0 fully saturated rings. The van der Waals surface area contributed by atoms with Gasteiger partial charge in [-0.05, 0) is 24.3 Å². The molecule has 0 spiro atoms. The standard InChI is InChI=1S/C21H14N4O5/c26-18(30-25-20(28)14-8-4-5-9-15(14)21(25)29)12-23-11-17-16(19(23)27)10-22-24(17)13-6-2-1-3-7-13/h1-10H,11-12H2. The quantitative estimate of drug-likeness (QED) is 0.614. The molecule has 0 bridgehead atoms. The van der Waals surface area contributed by atoms with Crippen LogP contribution in [0.4, 0.5) is 0 Å². The summed E-state index contributed by atoms with van der Waals surface area (Å²) in [5, 5.41) is 4.69. The van der Waals surface area contributed by atoms with Crippen molar-refractivity contribution in [2.75, 3.05) is 6.54 Å². The van der Waals surface area contributed by atoms with Gasteiger partial charge in [0, 0.05) is 0 Å². The summed E-state index contributed by atoms with van der Waals surface area (Å²) >= 11 is 0. The molecule has 5 rings (SSSR count). The Morgan fingerprint density at radius 1 is 0.867 bits per heavy atom. The van der Waals surface area contributed by atoms with Crippen LogP contribution in [0.1, 0.15) is 36.8 Å². The lowest BCUT2D eigenvalue weighted by Gasteiger charge is -2.18. The van der Waals surface area contributed by atoms with E-state index >= 15 is 0 Å². The van der Waals surface area contributed by atoms with Gasteiger partial charge in [-0.3, -0.25) is 14.4 Å². The number of para-hydroxylation sites is 1. The molecular formula is C21H14N4O5. The molecule has 3 heterocycles. The maximum Gasteiger partial charge on any atom is 0.352 e. The van der Waals surface area contributed by atoms with Gasteiger partial charge in [-0.1, -0.05) is 35.4 Å². The second-order valence-corrected chi connectivity index (χ2v) is 6.83. The highest BCUT2D eigenvalue weighted by atomic mass is 16.7. The number of hydrogen-bond donors (Lipinski definition) is 0. The normalized spacial score (nSPS) is 14.9. The third-order valence-corrected chi connectivity index (χ3v) is 5.00. The van der Waals surface area contributed by atoms with Gasteiger partial charge in [0.25, 0.3) is 17.7 Å². The molecule has 3 amide bonds. The summed E-state index contributed by atoms with van der Waals surface area (Å²) in [5.41, 5.74) is 2.18. The van der Waals surface area contributed by atoms with E-state index in [1.165, 1.54) is 23.2 Å². The summed E-state index contributed by atoms with van der Waals surface area (Å²) in [7, 11) is 0. The Morgan fingerprint density at radius 2 is 1.50 bits per heavy atom. The number of carbonyl (C=O) groups is 4. The Kier molecular flexibility index (Phi) is 3.95. The minimum Gasteiger partial charge on any atom is -0.328 e. The molecule has 0 saturated heterocycles. The van der Waals surface area contributed by atoms with Gasteiger partial charge in [-0.25, -0.2) is 9.48 Å². The fourth-order valence-corrected chi connectivity index (χ4v) is 3.58. The first-order valence-corrected chi connectivity index (χ1v) is 9.15. The molecule has 0 atom stereocenters. The minimum atomic E-state index is -0.887. The predicted molar refractivity (Wildman–Crippen MR) is 101 cm³/mol. The summed E-state index contributed by atoms with van der Waals surface area (Å²) in [6, 6.07) is 15.5. The van der Waals surface area contributed by atoms with Gasteiger partial charge >= 0.3 is 5.97 Å². The molecule has 0 aliphatic carbocycles. The van der Waals surface area contributed by atoms with Crippen molar-refractivity contribution >= 4 is 23.7 Å². The second kappa shape index (κ2) is 6.66.